The third-order valence-corrected chi connectivity index (χ3v) is 5.49. The van der Waals surface area contributed by atoms with Crippen LogP contribution in [0.15, 0.2) is 72.8 Å². The topological polar surface area (TPSA) is 76.1 Å². The van der Waals surface area contributed by atoms with Crippen LogP contribution in [0.3, 0.4) is 0 Å². The van der Waals surface area contributed by atoms with E-state index in [0.717, 1.165) is 18.6 Å². The molecule has 0 aliphatic heterocycles. The first-order valence-electron chi connectivity index (χ1n) is 11.1. The van der Waals surface area contributed by atoms with Gasteiger partial charge in [0.1, 0.15) is 17.2 Å². The van der Waals surface area contributed by atoms with Crippen LogP contribution in [0.1, 0.15) is 44.0 Å². The number of aromatic carboxylic acids is 1. The fourth-order valence-electron chi connectivity index (χ4n) is 3.48. The third-order valence-electron chi connectivity index (χ3n) is 5.49. The number of hydrogen-bond donors (Lipinski definition) is 1. The van der Waals surface area contributed by atoms with E-state index in [2.05, 4.69) is 13.8 Å². The Kier molecular flexibility index (Phi) is 8.08. The number of hydrogen-bond acceptors (Lipinski definition) is 4. The van der Waals surface area contributed by atoms with E-state index < -0.39 is 5.97 Å². The molecule has 0 aliphatic carbocycles. The van der Waals surface area contributed by atoms with Crippen molar-refractivity contribution >= 4 is 23.3 Å². The van der Waals surface area contributed by atoms with Gasteiger partial charge in [-0.3, -0.25) is 9.69 Å². The highest BCUT2D eigenvalue weighted by atomic mass is 16.5. The first-order chi connectivity index (χ1) is 15.9. The van der Waals surface area contributed by atoms with Crippen LogP contribution in [0.4, 0.5) is 11.4 Å². The van der Waals surface area contributed by atoms with E-state index in [9.17, 15) is 14.7 Å². The van der Waals surface area contributed by atoms with Crippen LogP contribution < -0.4 is 14.4 Å². The maximum atomic E-state index is 12.4. The van der Waals surface area contributed by atoms with Gasteiger partial charge in [0.15, 0.2) is 0 Å². The Morgan fingerprint density at radius 2 is 1.39 bits per heavy atom. The number of ether oxygens (including phenoxy) is 2. The van der Waals surface area contributed by atoms with Crippen molar-refractivity contribution in [3.8, 4) is 17.2 Å². The van der Waals surface area contributed by atoms with Crippen molar-refractivity contribution in [3.63, 3.8) is 0 Å². The Morgan fingerprint density at radius 1 is 0.848 bits per heavy atom. The average molecular weight is 448 g/mol. The van der Waals surface area contributed by atoms with Crippen molar-refractivity contribution in [3.05, 3.63) is 78.4 Å². The molecule has 0 heterocycles. The zero-order valence-electron chi connectivity index (χ0n) is 19.2. The van der Waals surface area contributed by atoms with Gasteiger partial charge in [0.25, 0.3) is 0 Å². The third kappa shape index (κ3) is 6.13. The van der Waals surface area contributed by atoms with Gasteiger partial charge >= 0.3 is 5.97 Å². The van der Waals surface area contributed by atoms with Gasteiger partial charge in [0.2, 0.25) is 5.91 Å². The average Bonchev–Trinajstić information content (AvgIpc) is 2.82. The second kappa shape index (κ2) is 11.2. The van der Waals surface area contributed by atoms with Crippen molar-refractivity contribution in [2.24, 2.45) is 5.92 Å². The Bertz CT molecular complexity index is 1070. The normalized spacial score (nSPS) is 10.7. The highest BCUT2D eigenvalue weighted by Gasteiger charge is 2.20. The predicted octanol–water partition coefficient (Wildman–Crippen LogP) is 6.68. The maximum Gasteiger partial charge on any atom is 0.337 e. The second-order valence-electron chi connectivity index (χ2n) is 7.74. The number of amides is 1. The summed E-state index contributed by atoms with van der Waals surface area (Å²) in [5.74, 6) is 1.23. The summed E-state index contributed by atoms with van der Waals surface area (Å²) in [6.07, 6.45) is 2.19. The predicted molar refractivity (Wildman–Crippen MR) is 129 cm³/mol. The van der Waals surface area contributed by atoms with E-state index >= 15 is 0 Å². The number of carbonyl (C=O) groups is 2. The highest BCUT2D eigenvalue weighted by molar-refractivity contribution is 6.05. The lowest BCUT2D eigenvalue weighted by Crippen LogP contribution is -2.24. The maximum absolute atomic E-state index is 12.4. The molecular weight excluding hydrogens is 418 g/mol. The van der Waals surface area contributed by atoms with Crippen molar-refractivity contribution in [2.75, 3.05) is 11.5 Å². The van der Waals surface area contributed by atoms with Gasteiger partial charge in [-0.2, -0.15) is 0 Å². The quantitative estimate of drug-likeness (QED) is 0.375. The Labute approximate surface area is 194 Å². The molecule has 0 spiro atoms. The van der Waals surface area contributed by atoms with Crippen molar-refractivity contribution < 1.29 is 24.2 Å². The van der Waals surface area contributed by atoms with Crippen LogP contribution in [0.5, 0.6) is 17.2 Å². The van der Waals surface area contributed by atoms with E-state index in [0.29, 0.717) is 35.4 Å². The summed E-state index contributed by atoms with van der Waals surface area (Å²) in [4.78, 5) is 25.3. The summed E-state index contributed by atoms with van der Waals surface area (Å²) >= 11 is 0. The molecule has 1 N–H and O–H groups in total. The minimum Gasteiger partial charge on any atom is -0.493 e. The number of para-hydroxylation sites is 1. The number of benzene rings is 3. The lowest BCUT2D eigenvalue weighted by atomic mass is 10.1. The molecule has 0 atom stereocenters. The van der Waals surface area contributed by atoms with Gasteiger partial charge in [-0.25, -0.2) is 4.79 Å². The van der Waals surface area contributed by atoms with Crippen LogP contribution in [0.25, 0.3) is 0 Å². The van der Waals surface area contributed by atoms with E-state index in [1.165, 1.54) is 17.9 Å². The molecule has 3 rings (SSSR count). The summed E-state index contributed by atoms with van der Waals surface area (Å²) < 4.78 is 11.8. The molecule has 3 aromatic rings. The molecule has 0 saturated carbocycles. The van der Waals surface area contributed by atoms with Gasteiger partial charge in [-0.1, -0.05) is 38.8 Å². The van der Waals surface area contributed by atoms with Gasteiger partial charge in [-0.15, -0.1) is 0 Å². The summed E-state index contributed by atoms with van der Waals surface area (Å²) in [7, 11) is 0. The summed E-state index contributed by atoms with van der Waals surface area (Å²) in [6, 6.07) is 20.8. The molecule has 6 heteroatoms. The Balaban J connectivity index is 1.72. The van der Waals surface area contributed by atoms with Crippen LogP contribution in [0.2, 0.25) is 0 Å². The van der Waals surface area contributed by atoms with Crippen LogP contribution in [-0.4, -0.2) is 23.6 Å². The number of anilines is 2. The molecule has 6 nitrogen and oxygen atoms in total. The van der Waals surface area contributed by atoms with Gasteiger partial charge in [0.05, 0.1) is 17.9 Å². The van der Waals surface area contributed by atoms with Crippen LogP contribution in [-0.2, 0) is 4.79 Å². The molecule has 33 heavy (non-hydrogen) atoms. The number of carboxylic acids is 1. The molecule has 0 unspecified atom stereocenters. The number of carboxylic acid groups (broad SMARTS) is 1. The number of nitrogens with zero attached hydrogens (tertiary/aromatic N) is 1. The fourth-order valence-corrected chi connectivity index (χ4v) is 3.48. The highest BCUT2D eigenvalue weighted by Crippen LogP contribution is 2.32. The van der Waals surface area contributed by atoms with Crippen molar-refractivity contribution in [2.45, 2.75) is 33.6 Å². The fraction of sp³-hybridized carbons (Fsp3) is 0.259. The monoisotopic (exact) mass is 447 g/mol. The van der Waals surface area contributed by atoms with Gasteiger partial charge in [0, 0.05) is 12.6 Å². The zero-order chi connectivity index (χ0) is 23.8. The molecule has 0 saturated heterocycles. The summed E-state index contributed by atoms with van der Waals surface area (Å²) in [5.41, 5.74) is 0.920. The summed E-state index contributed by atoms with van der Waals surface area (Å²) in [6.45, 7) is 6.43. The van der Waals surface area contributed by atoms with Gasteiger partial charge in [-0.05, 0) is 66.6 Å². The minimum atomic E-state index is -1.09. The molecule has 0 fully saturated rings. The second-order valence-corrected chi connectivity index (χ2v) is 7.74. The summed E-state index contributed by atoms with van der Waals surface area (Å²) in [5, 5.41) is 9.49. The Morgan fingerprint density at radius 3 is 1.94 bits per heavy atom. The van der Waals surface area contributed by atoms with E-state index in [-0.39, 0.29) is 11.5 Å². The number of rotatable bonds is 10. The van der Waals surface area contributed by atoms with Crippen LogP contribution >= 0.6 is 0 Å². The molecule has 3 aromatic carbocycles. The molecule has 0 aromatic heterocycles. The Hall–Kier alpha value is -3.80. The number of carbonyl (C=O) groups excluding carboxylic acids is 1. The molecular formula is C27H29NO5. The molecule has 1 amide bonds. The largest absolute Gasteiger partial charge is 0.493 e. The van der Waals surface area contributed by atoms with Crippen LogP contribution in [0, 0.1) is 5.92 Å². The SMILES string of the molecule is CCC(CC)COc1ccc(Oc2ccc(N(C(C)=O)c3ccccc3C(=O)O)cc2)cc1. The standard InChI is InChI=1S/C27H29NO5/c1-4-20(5-2)18-32-22-14-16-24(17-15-22)33-23-12-10-21(11-13-23)28(19(3)29)26-9-7-6-8-25(26)27(30)31/h6-17,20H,4-5,18H2,1-3H3,(H,30,31). The molecule has 0 bridgehead atoms. The molecule has 0 radical (unpaired) electrons. The lowest BCUT2D eigenvalue weighted by Gasteiger charge is -2.23. The molecule has 172 valence electrons. The van der Waals surface area contributed by atoms with Crippen molar-refractivity contribution in [1.82, 2.24) is 0 Å². The lowest BCUT2D eigenvalue weighted by molar-refractivity contribution is -0.115. The van der Waals surface area contributed by atoms with E-state index in [4.69, 9.17) is 9.47 Å². The first-order valence-corrected chi connectivity index (χ1v) is 11.1. The zero-order valence-corrected chi connectivity index (χ0v) is 19.2. The van der Waals surface area contributed by atoms with E-state index in [1.807, 2.05) is 24.3 Å². The molecule has 0 aliphatic rings. The van der Waals surface area contributed by atoms with Crippen molar-refractivity contribution in [1.29, 1.82) is 0 Å². The minimum absolute atomic E-state index is 0.0551. The first kappa shape index (κ1) is 23.9. The van der Waals surface area contributed by atoms with E-state index in [1.54, 1.807) is 42.5 Å². The van der Waals surface area contributed by atoms with Gasteiger partial charge < -0.3 is 14.6 Å². The smallest absolute Gasteiger partial charge is 0.337 e.